The Morgan fingerprint density at radius 3 is 2.41 bits per heavy atom. The minimum absolute atomic E-state index is 0.144. The number of phenols is 1. The molecule has 120 valence electrons. The second kappa shape index (κ2) is 5.19. The van der Waals surface area contributed by atoms with Crippen LogP contribution in [0.4, 0.5) is 13.2 Å². The number of hydrogen-bond acceptors (Lipinski definition) is 3. The van der Waals surface area contributed by atoms with Gasteiger partial charge in [0.05, 0.1) is 5.56 Å². The van der Waals surface area contributed by atoms with Crippen molar-refractivity contribution in [3.05, 3.63) is 29.3 Å². The van der Waals surface area contributed by atoms with Gasteiger partial charge in [0.2, 0.25) is 0 Å². The van der Waals surface area contributed by atoms with Crippen LogP contribution in [0.3, 0.4) is 0 Å². The Bertz CT molecular complexity index is 629. The molecule has 0 aromatic heterocycles. The first-order chi connectivity index (χ1) is 10.1. The van der Waals surface area contributed by atoms with Crippen molar-refractivity contribution >= 4 is 11.9 Å². The molecule has 0 spiro atoms. The van der Waals surface area contributed by atoms with Crippen LogP contribution in [0.1, 0.15) is 22.3 Å². The van der Waals surface area contributed by atoms with E-state index in [1.807, 2.05) is 0 Å². The summed E-state index contributed by atoms with van der Waals surface area (Å²) >= 11 is 0. The third kappa shape index (κ3) is 2.49. The maximum atomic E-state index is 13.1. The number of nitrogens with zero attached hydrogens (tertiary/aromatic N) is 1. The fourth-order valence-electron chi connectivity index (χ4n) is 2.50. The topological polar surface area (TPSA) is 77.8 Å². The largest absolute Gasteiger partial charge is 0.507 e. The molecule has 1 aliphatic heterocycles. The lowest BCUT2D eigenvalue weighted by molar-refractivity contribution is -0.227. The predicted octanol–water partition coefficient (Wildman–Crippen LogP) is 2.18. The second-order valence-corrected chi connectivity index (χ2v) is 5.38. The van der Waals surface area contributed by atoms with E-state index in [1.165, 1.54) is 18.2 Å². The number of carboxylic acid groups (broad SMARTS) is 1. The lowest BCUT2D eigenvalue weighted by Gasteiger charge is -2.27. The van der Waals surface area contributed by atoms with Gasteiger partial charge >= 0.3 is 12.1 Å². The van der Waals surface area contributed by atoms with Crippen molar-refractivity contribution < 1.29 is 33.0 Å². The fraction of sp³-hybridized carbons (Fsp3) is 0.429. The Labute approximate surface area is 124 Å². The monoisotopic (exact) mass is 317 g/mol. The van der Waals surface area contributed by atoms with E-state index in [9.17, 15) is 27.9 Å². The van der Waals surface area contributed by atoms with Gasteiger partial charge < -0.3 is 15.1 Å². The van der Waals surface area contributed by atoms with Crippen LogP contribution in [0.5, 0.6) is 5.75 Å². The molecule has 2 rings (SSSR count). The van der Waals surface area contributed by atoms with E-state index < -0.39 is 36.4 Å². The zero-order chi connectivity index (χ0) is 16.7. The standard InChI is InChI=1S/C14H14F3NO4/c1-8-2-3-9(10(19)6-8)11(20)18-5-4-13(7-18,12(21)22)14(15,16)17/h2-3,6,19H,4-5,7H2,1H3,(H,21,22). The quantitative estimate of drug-likeness (QED) is 0.876. The highest BCUT2D eigenvalue weighted by Crippen LogP contribution is 2.46. The van der Waals surface area contributed by atoms with Crippen LogP contribution >= 0.6 is 0 Å². The highest BCUT2D eigenvalue weighted by Gasteiger charge is 2.64. The summed E-state index contributed by atoms with van der Waals surface area (Å²) in [4.78, 5) is 24.1. The number of benzene rings is 1. The van der Waals surface area contributed by atoms with Crippen LogP contribution in [0, 0.1) is 12.3 Å². The molecule has 22 heavy (non-hydrogen) atoms. The molecule has 1 aliphatic rings. The Hall–Kier alpha value is -2.25. The van der Waals surface area contributed by atoms with Gasteiger partial charge in [-0.05, 0) is 31.0 Å². The number of carbonyl (C=O) groups is 2. The number of aryl methyl sites for hydroxylation is 1. The van der Waals surface area contributed by atoms with E-state index in [-0.39, 0.29) is 17.9 Å². The number of hydrogen-bond donors (Lipinski definition) is 2. The van der Waals surface area contributed by atoms with Crippen molar-refractivity contribution in [2.75, 3.05) is 13.1 Å². The van der Waals surface area contributed by atoms with E-state index >= 15 is 0 Å². The van der Waals surface area contributed by atoms with Crippen molar-refractivity contribution in [3.63, 3.8) is 0 Å². The molecule has 1 fully saturated rings. The van der Waals surface area contributed by atoms with Crippen molar-refractivity contribution in [2.24, 2.45) is 5.41 Å². The van der Waals surface area contributed by atoms with Crippen molar-refractivity contribution in [2.45, 2.75) is 19.5 Å². The predicted molar refractivity (Wildman–Crippen MR) is 69.5 cm³/mol. The minimum atomic E-state index is -4.96. The molecule has 5 nitrogen and oxygen atoms in total. The van der Waals surface area contributed by atoms with E-state index in [0.29, 0.717) is 5.56 Å². The summed E-state index contributed by atoms with van der Waals surface area (Å²) in [6, 6.07) is 4.16. The maximum absolute atomic E-state index is 13.1. The molecule has 0 bridgehead atoms. The Balaban J connectivity index is 2.29. The molecular weight excluding hydrogens is 303 g/mol. The second-order valence-electron chi connectivity index (χ2n) is 5.38. The number of aliphatic carboxylic acids is 1. The number of phenolic OH excluding ortho intramolecular Hbond substituents is 1. The average Bonchev–Trinajstić information content (AvgIpc) is 2.83. The molecule has 0 radical (unpaired) electrons. The normalized spacial score (nSPS) is 21.9. The summed E-state index contributed by atoms with van der Waals surface area (Å²) in [7, 11) is 0. The first-order valence-electron chi connectivity index (χ1n) is 6.47. The van der Waals surface area contributed by atoms with Crippen LogP contribution in [-0.4, -0.2) is 46.3 Å². The summed E-state index contributed by atoms with van der Waals surface area (Å²) < 4.78 is 39.2. The molecule has 1 amide bonds. The first kappa shape index (κ1) is 16.1. The number of halogens is 3. The lowest BCUT2D eigenvalue weighted by atomic mass is 9.86. The highest BCUT2D eigenvalue weighted by atomic mass is 19.4. The van der Waals surface area contributed by atoms with Gasteiger partial charge in [0.1, 0.15) is 5.75 Å². The first-order valence-corrected chi connectivity index (χ1v) is 6.47. The van der Waals surface area contributed by atoms with Crippen LogP contribution in [0.2, 0.25) is 0 Å². The molecule has 0 saturated carbocycles. The summed E-state index contributed by atoms with van der Waals surface area (Å²) in [6.07, 6.45) is -5.66. The van der Waals surface area contributed by atoms with Crippen LogP contribution in [0.25, 0.3) is 0 Å². The smallest absolute Gasteiger partial charge is 0.406 e. The zero-order valence-electron chi connectivity index (χ0n) is 11.6. The summed E-state index contributed by atoms with van der Waals surface area (Å²) in [5.74, 6) is -3.15. The molecule has 1 heterocycles. The Morgan fingerprint density at radius 1 is 1.32 bits per heavy atom. The van der Waals surface area contributed by atoms with E-state index in [2.05, 4.69) is 0 Å². The van der Waals surface area contributed by atoms with Gasteiger partial charge in [-0.2, -0.15) is 13.2 Å². The average molecular weight is 317 g/mol. The third-order valence-electron chi connectivity index (χ3n) is 3.89. The molecule has 2 N–H and O–H groups in total. The van der Waals surface area contributed by atoms with Gasteiger partial charge in [0.25, 0.3) is 5.91 Å². The number of likely N-dealkylation sites (tertiary alicyclic amines) is 1. The molecule has 1 atom stereocenters. The van der Waals surface area contributed by atoms with Crippen LogP contribution < -0.4 is 0 Å². The zero-order valence-corrected chi connectivity index (χ0v) is 11.6. The van der Waals surface area contributed by atoms with Crippen molar-refractivity contribution in [1.29, 1.82) is 0 Å². The number of rotatable bonds is 2. The van der Waals surface area contributed by atoms with Gasteiger partial charge in [-0.3, -0.25) is 9.59 Å². The summed E-state index contributed by atoms with van der Waals surface area (Å²) in [6.45, 7) is 0.388. The maximum Gasteiger partial charge on any atom is 0.406 e. The van der Waals surface area contributed by atoms with Crippen molar-refractivity contribution in [3.8, 4) is 5.75 Å². The van der Waals surface area contributed by atoms with Gasteiger partial charge in [-0.15, -0.1) is 0 Å². The number of alkyl halides is 3. The number of aromatic hydroxyl groups is 1. The Morgan fingerprint density at radius 2 is 1.95 bits per heavy atom. The number of carbonyl (C=O) groups excluding carboxylic acids is 1. The highest BCUT2D eigenvalue weighted by molar-refractivity contribution is 5.97. The van der Waals surface area contributed by atoms with Crippen LogP contribution in [-0.2, 0) is 4.79 Å². The van der Waals surface area contributed by atoms with E-state index in [0.717, 1.165) is 4.90 Å². The van der Waals surface area contributed by atoms with Crippen molar-refractivity contribution in [1.82, 2.24) is 4.90 Å². The fourth-order valence-corrected chi connectivity index (χ4v) is 2.50. The number of carboxylic acids is 1. The third-order valence-corrected chi connectivity index (χ3v) is 3.89. The lowest BCUT2D eigenvalue weighted by Crippen LogP contribution is -2.47. The molecule has 0 aliphatic carbocycles. The summed E-state index contributed by atoms with van der Waals surface area (Å²) in [5.41, 5.74) is -2.41. The van der Waals surface area contributed by atoms with Gasteiger partial charge in [0, 0.05) is 13.1 Å². The molecule has 1 saturated heterocycles. The van der Waals surface area contributed by atoms with E-state index in [1.54, 1.807) is 6.92 Å². The SMILES string of the molecule is Cc1ccc(C(=O)N2CCC(C(=O)O)(C(F)(F)F)C2)c(O)c1. The van der Waals surface area contributed by atoms with Crippen LogP contribution in [0.15, 0.2) is 18.2 Å². The minimum Gasteiger partial charge on any atom is -0.507 e. The molecular formula is C14H14F3NO4. The van der Waals surface area contributed by atoms with Gasteiger partial charge in [-0.25, -0.2) is 0 Å². The van der Waals surface area contributed by atoms with E-state index in [4.69, 9.17) is 5.11 Å². The molecule has 1 aromatic rings. The Kier molecular flexibility index (Phi) is 3.80. The summed E-state index contributed by atoms with van der Waals surface area (Å²) in [5, 5.41) is 18.7. The molecule has 1 unspecified atom stereocenters. The van der Waals surface area contributed by atoms with Gasteiger partial charge in [0.15, 0.2) is 5.41 Å². The molecule has 8 heteroatoms. The number of amides is 1. The van der Waals surface area contributed by atoms with Gasteiger partial charge in [-0.1, -0.05) is 6.07 Å². The molecule has 1 aromatic carbocycles.